The lowest BCUT2D eigenvalue weighted by Gasteiger charge is -2.12. The minimum Gasteiger partial charge on any atom is -0.497 e. The van der Waals surface area contributed by atoms with E-state index in [-0.39, 0.29) is 17.2 Å². The zero-order valence-corrected chi connectivity index (χ0v) is 18.8. The summed E-state index contributed by atoms with van der Waals surface area (Å²) in [6.45, 7) is 0.626. The zero-order chi connectivity index (χ0) is 21.6. The maximum absolute atomic E-state index is 12.7. The van der Waals surface area contributed by atoms with Gasteiger partial charge in [-0.05, 0) is 36.8 Å². The first-order chi connectivity index (χ1) is 14.2. The number of aromatic nitrogens is 1. The molecule has 0 saturated carbocycles. The molecule has 3 aromatic rings. The third-order valence-electron chi connectivity index (χ3n) is 5.27. The third kappa shape index (κ3) is 3.79. The molecule has 30 heavy (non-hydrogen) atoms. The topological polar surface area (TPSA) is 85.6 Å². The molecule has 2 heterocycles. The number of aryl methyl sites for hydroxylation is 1. The Bertz CT molecular complexity index is 1250. The van der Waals surface area contributed by atoms with Crippen molar-refractivity contribution in [2.45, 2.75) is 40.0 Å². The summed E-state index contributed by atoms with van der Waals surface area (Å²) in [6.07, 6.45) is 1.86. The van der Waals surface area contributed by atoms with Gasteiger partial charge in [0.1, 0.15) is 5.75 Å². The van der Waals surface area contributed by atoms with Crippen LogP contribution in [0.3, 0.4) is 0 Å². The number of carboxylic acid groups (broad SMARTS) is 1. The summed E-state index contributed by atoms with van der Waals surface area (Å²) in [5.74, 6) is -0.613. The van der Waals surface area contributed by atoms with Gasteiger partial charge in [0.2, 0.25) is 0 Å². The van der Waals surface area contributed by atoms with Gasteiger partial charge < -0.3 is 14.4 Å². The average molecular weight is 466 g/mol. The molecule has 1 N–H and O–H groups in total. The van der Waals surface area contributed by atoms with E-state index in [1.54, 1.807) is 12.1 Å². The second kappa shape index (κ2) is 7.83. The number of rotatable bonds is 6. The normalized spacial score (nSPS) is 16.0. The number of fused-ring (bicyclic) bond motifs is 3. The molecule has 1 aliphatic heterocycles. The Kier molecular flexibility index (Phi) is 5.50. The van der Waals surface area contributed by atoms with E-state index < -0.39 is 15.8 Å². The Morgan fingerprint density at radius 2 is 2.00 bits per heavy atom. The molecule has 0 amide bonds. The van der Waals surface area contributed by atoms with Crippen LogP contribution in [0.1, 0.15) is 24.5 Å². The van der Waals surface area contributed by atoms with E-state index in [1.165, 1.54) is 31.2 Å². The first kappa shape index (κ1) is 21.1. The van der Waals surface area contributed by atoms with Gasteiger partial charge >= 0.3 is 5.97 Å². The molecule has 1 atom stereocenters. The summed E-state index contributed by atoms with van der Waals surface area (Å²) < 4.78 is 32.7. The highest BCUT2D eigenvalue weighted by Gasteiger charge is 2.34. The number of aliphatic carboxylic acids is 1. The van der Waals surface area contributed by atoms with Crippen LogP contribution in [-0.4, -0.2) is 37.4 Å². The second-order valence-corrected chi connectivity index (χ2v) is 10.8. The van der Waals surface area contributed by atoms with Crippen LogP contribution >= 0.6 is 23.4 Å². The molecule has 0 fully saturated rings. The molecule has 2 aromatic carbocycles. The van der Waals surface area contributed by atoms with Gasteiger partial charge in [0.15, 0.2) is 9.84 Å². The highest BCUT2D eigenvalue weighted by Crippen LogP contribution is 2.49. The van der Waals surface area contributed by atoms with Gasteiger partial charge in [0.25, 0.3) is 0 Å². The Morgan fingerprint density at radius 3 is 2.60 bits per heavy atom. The minimum atomic E-state index is -3.56. The van der Waals surface area contributed by atoms with Crippen molar-refractivity contribution in [2.24, 2.45) is 0 Å². The van der Waals surface area contributed by atoms with Crippen molar-refractivity contribution in [3.63, 3.8) is 0 Å². The quantitative estimate of drug-likeness (QED) is 0.561. The number of hydrogen-bond donors (Lipinski definition) is 1. The van der Waals surface area contributed by atoms with Gasteiger partial charge in [0, 0.05) is 50.7 Å². The maximum atomic E-state index is 12.7. The van der Waals surface area contributed by atoms with Crippen molar-refractivity contribution in [3.05, 3.63) is 47.1 Å². The summed E-state index contributed by atoms with van der Waals surface area (Å²) in [5.41, 5.74) is 1.61. The first-order valence-electron chi connectivity index (χ1n) is 9.28. The number of benzene rings is 2. The molecule has 4 rings (SSSR count). The molecular weight excluding hydrogens is 446 g/mol. The number of halogens is 1. The number of ether oxygens (including phenoxy) is 1. The highest BCUT2D eigenvalue weighted by molar-refractivity contribution is 7.99. The molecule has 0 aliphatic carbocycles. The number of carbonyl (C=O) groups is 1. The van der Waals surface area contributed by atoms with E-state index in [4.69, 9.17) is 16.3 Å². The standard InChI is InChI=1S/C21H20ClNO5S2/c1-28-14-10-16-19(17(11-14)30(2,26)27)21(29-15-5-3-13(22)4-6-15)20-12(9-18(24)25)7-8-23(16)20/h3-6,10-12H,7-9H2,1-2H3,(H,24,25). The highest BCUT2D eigenvalue weighted by atomic mass is 35.5. The fourth-order valence-corrected chi connectivity index (χ4v) is 6.31. The Balaban J connectivity index is 2.03. The van der Waals surface area contributed by atoms with E-state index in [9.17, 15) is 18.3 Å². The molecule has 158 valence electrons. The van der Waals surface area contributed by atoms with Gasteiger partial charge in [0.05, 0.1) is 23.9 Å². The number of methoxy groups -OCH3 is 1. The van der Waals surface area contributed by atoms with Crippen molar-refractivity contribution in [2.75, 3.05) is 13.4 Å². The van der Waals surface area contributed by atoms with Gasteiger partial charge in [-0.25, -0.2) is 8.42 Å². The van der Waals surface area contributed by atoms with E-state index in [0.29, 0.717) is 29.1 Å². The molecule has 9 heteroatoms. The molecule has 1 aromatic heterocycles. The SMILES string of the molecule is COc1cc(S(C)(=O)=O)c2c(Sc3ccc(Cl)cc3)c3n(c2c1)CCC3CC(=O)O. The van der Waals surface area contributed by atoms with Gasteiger partial charge in [-0.1, -0.05) is 23.4 Å². The zero-order valence-electron chi connectivity index (χ0n) is 16.4. The lowest BCUT2D eigenvalue weighted by molar-refractivity contribution is -0.137. The van der Waals surface area contributed by atoms with Crippen molar-refractivity contribution in [3.8, 4) is 5.75 Å². The number of nitrogens with zero attached hydrogens (tertiary/aromatic N) is 1. The van der Waals surface area contributed by atoms with Crippen molar-refractivity contribution >= 4 is 50.1 Å². The summed E-state index contributed by atoms with van der Waals surface area (Å²) in [5, 5.41) is 10.6. The summed E-state index contributed by atoms with van der Waals surface area (Å²) in [6, 6.07) is 10.6. The van der Waals surface area contributed by atoms with Crippen molar-refractivity contribution in [1.82, 2.24) is 4.57 Å². The minimum absolute atomic E-state index is 0.00412. The monoisotopic (exact) mass is 465 g/mol. The van der Waals surface area contributed by atoms with E-state index in [2.05, 4.69) is 0 Å². The van der Waals surface area contributed by atoms with Crippen molar-refractivity contribution < 1.29 is 23.1 Å². The number of hydrogen-bond acceptors (Lipinski definition) is 5. The number of sulfone groups is 1. The number of carboxylic acids is 1. The van der Waals surface area contributed by atoms with E-state index in [1.807, 2.05) is 22.8 Å². The lowest BCUT2D eigenvalue weighted by Crippen LogP contribution is -2.04. The second-order valence-electron chi connectivity index (χ2n) is 7.30. The average Bonchev–Trinajstić information content (AvgIpc) is 3.21. The molecule has 0 spiro atoms. The van der Waals surface area contributed by atoms with Crippen LogP contribution in [0.5, 0.6) is 5.75 Å². The summed E-state index contributed by atoms with van der Waals surface area (Å²) >= 11 is 7.44. The molecule has 1 unspecified atom stereocenters. The molecule has 0 radical (unpaired) electrons. The largest absolute Gasteiger partial charge is 0.497 e. The molecular formula is C21H20ClNO5S2. The van der Waals surface area contributed by atoms with E-state index >= 15 is 0 Å². The molecule has 0 bridgehead atoms. The van der Waals surface area contributed by atoms with Gasteiger partial charge in [-0.15, -0.1) is 0 Å². The fourth-order valence-electron chi connectivity index (χ4n) is 4.01. The molecule has 1 aliphatic rings. The summed E-state index contributed by atoms with van der Waals surface area (Å²) in [4.78, 5) is 13.3. The van der Waals surface area contributed by atoms with Crippen LogP contribution in [-0.2, 0) is 21.2 Å². The molecule has 6 nitrogen and oxygen atoms in total. The predicted octanol–water partition coefficient (Wildman–Crippen LogP) is 4.82. The van der Waals surface area contributed by atoms with Crippen LogP contribution in [0.25, 0.3) is 10.9 Å². The van der Waals surface area contributed by atoms with Gasteiger partial charge in [-0.3, -0.25) is 4.79 Å². The Hall–Kier alpha value is -2.16. The third-order valence-corrected chi connectivity index (χ3v) is 7.77. The lowest BCUT2D eigenvalue weighted by atomic mass is 10.0. The van der Waals surface area contributed by atoms with Crippen LogP contribution in [0.15, 0.2) is 51.1 Å². The molecule has 0 saturated heterocycles. The van der Waals surface area contributed by atoms with Crippen LogP contribution < -0.4 is 4.74 Å². The van der Waals surface area contributed by atoms with Crippen molar-refractivity contribution in [1.29, 1.82) is 0 Å². The van der Waals surface area contributed by atoms with Crippen LogP contribution in [0.4, 0.5) is 0 Å². The predicted molar refractivity (Wildman–Crippen MR) is 117 cm³/mol. The van der Waals surface area contributed by atoms with Crippen LogP contribution in [0, 0.1) is 0 Å². The first-order valence-corrected chi connectivity index (χ1v) is 12.4. The maximum Gasteiger partial charge on any atom is 0.304 e. The Morgan fingerprint density at radius 1 is 1.30 bits per heavy atom. The summed E-state index contributed by atoms with van der Waals surface area (Å²) in [7, 11) is -2.06. The van der Waals surface area contributed by atoms with E-state index in [0.717, 1.165) is 21.0 Å². The Labute approximate surface area is 183 Å². The smallest absolute Gasteiger partial charge is 0.304 e. The van der Waals surface area contributed by atoms with Crippen LogP contribution in [0.2, 0.25) is 5.02 Å². The van der Waals surface area contributed by atoms with Gasteiger partial charge in [-0.2, -0.15) is 0 Å². The fraction of sp³-hybridized carbons (Fsp3) is 0.286.